The number of carbonyl (C=O) groups is 1. The minimum absolute atomic E-state index is 0.00348. The Morgan fingerprint density at radius 3 is 2.58 bits per heavy atom. The lowest BCUT2D eigenvalue weighted by Gasteiger charge is -2.17. The number of nitro benzene ring substituents is 1. The van der Waals surface area contributed by atoms with E-state index in [1.54, 1.807) is 0 Å². The molecular formula is C13H16ClNO4. The summed E-state index contributed by atoms with van der Waals surface area (Å²) in [6.07, 6.45) is 0.717. The van der Waals surface area contributed by atoms with E-state index in [2.05, 4.69) is 0 Å². The molecule has 0 radical (unpaired) electrons. The van der Waals surface area contributed by atoms with Crippen molar-refractivity contribution in [2.45, 2.75) is 27.2 Å². The average molecular weight is 286 g/mol. The number of nitro groups is 1. The molecule has 0 heterocycles. The highest BCUT2D eigenvalue weighted by Gasteiger charge is 2.18. The van der Waals surface area contributed by atoms with Crippen LogP contribution in [0, 0.1) is 15.5 Å². The minimum atomic E-state index is -0.631. The summed E-state index contributed by atoms with van der Waals surface area (Å²) in [6.45, 7) is 6.38. The predicted octanol–water partition coefficient (Wildman–Crippen LogP) is 3.84. The van der Waals surface area contributed by atoms with E-state index in [1.165, 1.54) is 12.1 Å². The van der Waals surface area contributed by atoms with Gasteiger partial charge in [0.2, 0.25) is 0 Å². The van der Waals surface area contributed by atoms with Crippen LogP contribution in [0.15, 0.2) is 18.2 Å². The largest absolute Gasteiger partial charge is 0.462 e. The molecular weight excluding hydrogens is 270 g/mol. The highest BCUT2D eigenvalue weighted by atomic mass is 35.5. The van der Waals surface area contributed by atoms with Crippen LogP contribution in [0.5, 0.6) is 0 Å². The molecule has 104 valence electrons. The van der Waals surface area contributed by atoms with Crippen molar-refractivity contribution in [1.82, 2.24) is 0 Å². The van der Waals surface area contributed by atoms with E-state index in [0.29, 0.717) is 6.42 Å². The Morgan fingerprint density at radius 1 is 1.42 bits per heavy atom. The Kier molecular flexibility index (Phi) is 4.89. The second-order valence-electron chi connectivity index (χ2n) is 5.37. The van der Waals surface area contributed by atoms with E-state index >= 15 is 0 Å². The van der Waals surface area contributed by atoms with Crippen molar-refractivity contribution in [3.8, 4) is 0 Å². The Balaban J connectivity index is 2.73. The summed E-state index contributed by atoms with van der Waals surface area (Å²) >= 11 is 5.67. The van der Waals surface area contributed by atoms with Crippen molar-refractivity contribution < 1.29 is 14.5 Å². The molecule has 1 aromatic carbocycles. The molecule has 6 heteroatoms. The molecule has 0 unspecified atom stereocenters. The maximum absolute atomic E-state index is 11.7. The number of ether oxygens (including phenoxy) is 1. The summed E-state index contributed by atoms with van der Waals surface area (Å²) in [7, 11) is 0. The number of esters is 1. The van der Waals surface area contributed by atoms with Crippen molar-refractivity contribution in [2.24, 2.45) is 5.41 Å². The first kappa shape index (κ1) is 15.4. The highest BCUT2D eigenvalue weighted by Crippen LogP contribution is 2.25. The summed E-state index contributed by atoms with van der Waals surface area (Å²) in [5, 5.41) is 10.7. The minimum Gasteiger partial charge on any atom is -0.462 e. The number of hydrogen-bond donors (Lipinski definition) is 0. The van der Waals surface area contributed by atoms with Gasteiger partial charge in [0, 0.05) is 6.07 Å². The maximum Gasteiger partial charge on any atom is 0.338 e. The van der Waals surface area contributed by atoms with Crippen LogP contribution in [0.4, 0.5) is 5.69 Å². The van der Waals surface area contributed by atoms with Crippen molar-refractivity contribution in [3.63, 3.8) is 0 Å². The Bertz CT molecular complexity index is 494. The van der Waals surface area contributed by atoms with Crippen LogP contribution in [-0.2, 0) is 4.74 Å². The van der Waals surface area contributed by atoms with Gasteiger partial charge in [-0.05, 0) is 24.0 Å². The third-order valence-corrected chi connectivity index (χ3v) is 2.78. The molecule has 5 nitrogen and oxygen atoms in total. The molecule has 0 saturated heterocycles. The lowest BCUT2D eigenvalue weighted by molar-refractivity contribution is -0.384. The van der Waals surface area contributed by atoms with Gasteiger partial charge in [0.25, 0.3) is 5.69 Å². The molecule has 0 aliphatic heterocycles. The lowest BCUT2D eigenvalue weighted by atomic mass is 9.93. The fourth-order valence-corrected chi connectivity index (χ4v) is 1.50. The number of carbonyl (C=O) groups excluding carboxylic acids is 1. The molecule has 0 amide bonds. The molecule has 0 bridgehead atoms. The van der Waals surface area contributed by atoms with Gasteiger partial charge in [-0.1, -0.05) is 32.4 Å². The van der Waals surface area contributed by atoms with Crippen LogP contribution in [0.2, 0.25) is 5.02 Å². The van der Waals surface area contributed by atoms with E-state index in [4.69, 9.17) is 16.3 Å². The highest BCUT2D eigenvalue weighted by molar-refractivity contribution is 6.32. The molecule has 0 atom stereocenters. The van der Waals surface area contributed by atoms with Gasteiger partial charge in [-0.2, -0.15) is 0 Å². The quantitative estimate of drug-likeness (QED) is 0.479. The summed E-state index contributed by atoms with van der Waals surface area (Å²) in [5.74, 6) is -0.580. The molecule has 0 spiro atoms. The molecule has 1 rings (SSSR count). The standard InChI is InChI=1S/C13H16ClNO4/c1-13(2,3)6-7-19-12(16)9-4-5-10(14)11(8-9)15(17)18/h4-5,8H,6-7H2,1-3H3. The van der Waals surface area contributed by atoms with Crippen molar-refractivity contribution in [3.05, 3.63) is 38.9 Å². The topological polar surface area (TPSA) is 69.4 Å². The van der Waals surface area contributed by atoms with Crippen molar-refractivity contribution >= 4 is 23.3 Å². The van der Waals surface area contributed by atoms with Gasteiger partial charge in [0.05, 0.1) is 17.1 Å². The van der Waals surface area contributed by atoms with E-state index in [-0.39, 0.29) is 28.3 Å². The molecule has 0 aliphatic rings. The molecule has 0 N–H and O–H groups in total. The third kappa shape index (κ3) is 4.87. The number of benzene rings is 1. The van der Waals surface area contributed by atoms with E-state index < -0.39 is 10.9 Å². The van der Waals surface area contributed by atoms with Crippen LogP contribution in [0.1, 0.15) is 37.6 Å². The fraction of sp³-hybridized carbons (Fsp3) is 0.462. The van der Waals surface area contributed by atoms with Crippen molar-refractivity contribution in [2.75, 3.05) is 6.61 Å². The Hall–Kier alpha value is -1.62. The first-order chi connectivity index (χ1) is 8.70. The fourth-order valence-electron chi connectivity index (χ4n) is 1.31. The molecule has 0 fully saturated rings. The van der Waals surface area contributed by atoms with Gasteiger partial charge < -0.3 is 4.74 Å². The van der Waals surface area contributed by atoms with Crippen LogP contribution >= 0.6 is 11.6 Å². The number of halogens is 1. The number of hydrogen-bond acceptors (Lipinski definition) is 4. The van der Waals surface area contributed by atoms with Gasteiger partial charge >= 0.3 is 5.97 Å². The van der Waals surface area contributed by atoms with Crippen molar-refractivity contribution in [1.29, 1.82) is 0 Å². The van der Waals surface area contributed by atoms with Crippen LogP contribution < -0.4 is 0 Å². The summed E-state index contributed by atoms with van der Waals surface area (Å²) in [6, 6.07) is 3.86. The van der Waals surface area contributed by atoms with E-state index in [1.807, 2.05) is 20.8 Å². The zero-order valence-corrected chi connectivity index (χ0v) is 11.9. The summed E-state index contributed by atoms with van der Waals surface area (Å²) < 4.78 is 5.07. The molecule has 0 aliphatic carbocycles. The van der Waals surface area contributed by atoms with Crippen LogP contribution in [0.3, 0.4) is 0 Å². The predicted molar refractivity (Wildman–Crippen MR) is 72.5 cm³/mol. The van der Waals surface area contributed by atoms with Crippen LogP contribution in [0.25, 0.3) is 0 Å². The second-order valence-corrected chi connectivity index (χ2v) is 5.78. The number of nitrogens with zero attached hydrogens (tertiary/aromatic N) is 1. The first-order valence-corrected chi connectivity index (χ1v) is 6.19. The van der Waals surface area contributed by atoms with Crippen LogP contribution in [-0.4, -0.2) is 17.5 Å². The summed E-state index contributed by atoms with van der Waals surface area (Å²) in [5.41, 5.74) is -0.108. The monoisotopic (exact) mass is 285 g/mol. The zero-order valence-electron chi connectivity index (χ0n) is 11.1. The normalized spacial score (nSPS) is 11.2. The number of rotatable bonds is 4. The zero-order chi connectivity index (χ0) is 14.6. The molecule has 1 aromatic rings. The van der Waals surface area contributed by atoms with E-state index in [0.717, 1.165) is 6.07 Å². The molecule has 19 heavy (non-hydrogen) atoms. The Labute approximate surface area is 116 Å². The first-order valence-electron chi connectivity index (χ1n) is 5.82. The Morgan fingerprint density at radius 2 is 2.05 bits per heavy atom. The van der Waals surface area contributed by atoms with Gasteiger partial charge in [-0.25, -0.2) is 4.79 Å². The van der Waals surface area contributed by atoms with Gasteiger partial charge in [-0.15, -0.1) is 0 Å². The molecule has 0 aromatic heterocycles. The molecule has 0 saturated carbocycles. The van der Waals surface area contributed by atoms with E-state index in [9.17, 15) is 14.9 Å². The van der Waals surface area contributed by atoms with Gasteiger partial charge in [0.1, 0.15) is 5.02 Å². The third-order valence-electron chi connectivity index (χ3n) is 2.46. The second kappa shape index (κ2) is 6.02. The van der Waals surface area contributed by atoms with Gasteiger partial charge in [0.15, 0.2) is 0 Å². The maximum atomic E-state index is 11.7. The van der Waals surface area contributed by atoms with Gasteiger partial charge in [-0.3, -0.25) is 10.1 Å². The lowest BCUT2D eigenvalue weighted by Crippen LogP contribution is -2.13. The average Bonchev–Trinajstić information content (AvgIpc) is 2.27. The SMILES string of the molecule is CC(C)(C)CCOC(=O)c1ccc(Cl)c([N+](=O)[O-])c1. The smallest absolute Gasteiger partial charge is 0.338 e. The summed E-state index contributed by atoms with van der Waals surface area (Å²) in [4.78, 5) is 21.8.